The first-order valence-electron chi connectivity index (χ1n) is 5.07. The van der Waals surface area contributed by atoms with Gasteiger partial charge in [0.1, 0.15) is 11.5 Å². The lowest BCUT2D eigenvalue weighted by Crippen LogP contribution is -2.18. The maximum absolute atomic E-state index is 5.91. The van der Waals surface area contributed by atoms with E-state index in [0.717, 1.165) is 5.39 Å². The maximum atomic E-state index is 5.91. The van der Waals surface area contributed by atoms with Crippen LogP contribution in [-0.4, -0.2) is 27.6 Å². The van der Waals surface area contributed by atoms with Crippen molar-refractivity contribution in [3.8, 4) is 0 Å². The third kappa shape index (κ3) is 2.57. The molecule has 1 atom stereocenters. The first-order valence-corrected chi connectivity index (χ1v) is 5.45. The van der Waals surface area contributed by atoms with Crippen LogP contribution in [0.4, 0.5) is 0 Å². The standard InChI is InChI=1S/C11H12ClN3O2/c1-3-8(2)16-7-17-15-5-4-9-10(12)13-6-14-11(9)15/h3-6,8H,1,7H2,2H3. The number of ether oxygens (including phenoxy) is 1. The highest BCUT2D eigenvalue weighted by Crippen LogP contribution is 2.18. The molecule has 2 aromatic heterocycles. The van der Waals surface area contributed by atoms with E-state index in [1.807, 2.05) is 6.92 Å². The lowest BCUT2D eigenvalue weighted by Gasteiger charge is -2.10. The van der Waals surface area contributed by atoms with Crippen LogP contribution >= 0.6 is 11.6 Å². The fourth-order valence-electron chi connectivity index (χ4n) is 1.26. The third-order valence-corrected chi connectivity index (χ3v) is 2.56. The average molecular weight is 254 g/mol. The molecule has 0 fully saturated rings. The van der Waals surface area contributed by atoms with Crippen molar-refractivity contribution in [1.29, 1.82) is 0 Å². The van der Waals surface area contributed by atoms with Gasteiger partial charge in [-0.15, -0.1) is 6.58 Å². The number of halogens is 1. The van der Waals surface area contributed by atoms with E-state index in [2.05, 4.69) is 16.5 Å². The van der Waals surface area contributed by atoms with Gasteiger partial charge in [0.25, 0.3) is 0 Å². The smallest absolute Gasteiger partial charge is 0.215 e. The van der Waals surface area contributed by atoms with Crippen LogP contribution in [0.2, 0.25) is 5.15 Å². The number of aromatic nitrogens is 3. The zero-order valence-electron chi connectivity index (χ0n) is 9.34. The average Bonchev–Trinajstić information content (AvgIpc) is 2.74. The van der Waals surface area contributed by atoms with E-state index in [1.54, 1.807) is 18.3 Å². The molecule has 0 aliphatic carbocycles. The van der Waals surface area contributed by atoms with Crippen molar-refractivity contribution >= 4 is 22.6 Å². The van der Waals surface area contributed by atoms with Gasteiger partial charge in [0, 0.05) is 6.20 Å². The number of hydrogen-bond acceptors (Lipinski definition) is 4. The summed E-state index contributed by atoms with van der Waals surface area (Å²) in [5, 5.41) is 1.14. The third-order valence-electron chi connectivity index (χ3n) is 2.25. The van der Waals surface area contributed by atoms with E-state index in [-0.39, 0.29) is 12.9 Å². The van der Waals surface area contributed by atoms with E-state index >= 15 is 0 Å². The molecule has 0 saturated carbocycles. The van der Waals surface area contributed by atoms with E-state index in [9.17, 15) is 0 Å². The Bertz CT molecular complexity index is 526. The van der Waals surface area contributed by atoms with Crippen molar-refractivity contribution < 1.29 is 9.57 Å². The fourth-order valence-corrected chi connectivity index (χ4v) is 1.46. The van der Waals surface area contributed by atoms with Gasteiger partial charge in [-0.1, -0.05) is 17.7 Å². The molecule has 2 rings (SSSR count). The Balaban J connectivity index is 2.09. The number of rotatable bonds is 5. The Labute approximate surface area is 104 Å². The van der Waals surface area contributed by atoms with Gasteiger partial charge in [-0.05, 0) is 13.0 Å². The van der Waals surface area contributed by atoms with Crippen LogP contribution in [0.1, 0.15) is 6.92 Å². The van der Waals surface area contributed by atoms with Gasteiger partial charge >= 0.3 is 0 Å². The normalized spacial score (nSPS) is 12.6. The first kappa shape index (κ1) is 11.9. The van der Waals surface area contributed by atoms with Crippen LogP contribution in [-0.2, 0) is 4.74 Å². The summed E-state index contributed by atoms with van der Waals surface area (Å²) in [6, 6.07) is 1.79. The number of nitrogens with zero attached hydrogens (tertiary/aromatic N) is 3. The minimum Gasteiger partial charge on any atom is -0.384 e. The molecule has 0 spiro atoms. The minimum absolute atomic E-state index is 0.0601. The SMILES string of the molecule is C=CC(C)OCOn1ccc2c(Cl)ncnc21. The molecule has 0 aromatic carbocycles. The van der Waals surface area contributed by atoms with Gasteiger partial charge in [-0.2, -0.15) is 4.73 Å². The molecule has 5 nitrogen and oxygen atoms in total. The summed E-state index contributed by atoms with van der Waals surface area (Å²) in [7, 11) is 0. The second kappa shape index (κ2) is 5.16. The van der Waals surface area contributed by atoms with Crippen molar-refractivity contribution in [3.05, 3.63) is 36.4 Å². The molecule has 0 amide bonds. The van der Waals surface area contributed by atoms with Crippen LogP contribution < -0.4 is 4.84 Å². The van der Waals surface area contributed by atoms with Gasteiger partial charge in [0.05, 0.1) is 11.5 Å². The van der Waals surface area contributed by atoms with Gasteiger partial charge in [0.15, 0.2) is 5.65 Å². The number of hydrogen-bond donors (Lipinski definition) is 0. The molecule has 2 aromatic rings. The van der Waals surface area contributed by atoms with Crippen LogP contribution in [0.5, 0.6) is 0 Å². The number of fused-ring (bicyclic) bond motifs is 1. The van der Waals surface area contributed by atoms with E-state index in [0.29, 0.717) is 10.8 Å². The summed E-state index contributed by atoms with van der Waals surface area (Å²) in [4.78, 5) is 13.4. The zero-order valence-corrected chi connectivity index (χ0v) is 10.1. The molecular formula is C11H12ClN3O2. The molecule has 0 saturated heterocycles. The summed E-state index contributed by atoms with van der Waals surface area (Å²) in [5.74, 6) is 0. The molecule has 6 heteroatoms. The van der Waals surface area contributed by atoms with Crippen LogP contribution in [0.25, 0.3) is 11.0 Å². The second-order valence-electron chi connectivity index (χ2n) is 3.40. The van der Waals surface area contributed by atoms with E-state index < -0.39 is 0 Å². The van der Waals surface area contributed by atoms with Crippen molar-refractivity contribution in [2.75, 3.05) is 6.79 Å². The Morgan fingerprint density at radius 2 is 2.41 bits per heavy atom. The minimum atomic E-state index is -0.0601. The van der Waals surface area contributed by atoms with Crippen LogP contribution in [0.15, 0.2) is 31.2 Å². The van der Waals surface area contributed by atoms with Gasteiger partial charge in [-0.3, -0.25) is 0 Å². The Kier molecular flexibility index (Phi) is 3.61. The zero-order chi connectivity index (χ0) is 12.3. The van der Waals surface area contributed by atoms with Crippen molar-refractivity contribution in [1.82, 2.24) is 14.7 Å². The Morgan fingerprint density at radius 1 is 1.59 bits per heavy atom. The summed E-state index contributed by atoms with van der Waals surface area (Å²) < 4.78 is 6.80. The van der Waals surface area contributed by atoms with Gasteiger partial charge in [0.2, 0.25) is 6.79 Å². The van der Waals surface area contributed by atoms with Gasteiger partial charge < -0.3 is 9.57 Å². The largest absolute Gasteiger partial charge is 0.384 e. The summed E-state index contributed by atoms with van der Waals surface area (Å²) in [6.45, 7) is 5.60. The molecule has 0 N–H and O–H groups in total. The quantitative estimate of drug-likeness (QED) is 0.465. The van der Waals surface area contributed by atoms with E-state index in [1.165, 1.54) is 11.1 Å². The van der Waals surface area contributed by atoms with Crippen molar-refractivity contribution in [3.63, 3.8) is 0 Å². The molecule has 0 aliphatic heterocycles. The molecule has 0 bridgehead atoms. The van der Waals surface area contributed by atoms with E-state index in [4.69, 9.17) is 21.2 Å². The maximum Gasteiger partial charge on any atom is 0.215 e. The Morgan fingerprint density at radius 3 is 3.18 bits per heavy atom. The van der Waals surface area contributed by atoms with Crippen LogP contribution in [0.3, 0.4) is 0 Å². The highest BCUT2D eigenvalue weighted by Gasteiger charge is 2.07. The molecule has 17 heavy (non-hydrogen) atoms. The van der Waals surface area contributed by atoms with Crippen LogP contribution in [0, 0.1) is 0 Å². The first-order chi connectivity index (χ1) is 8.22. The molecule has 0 radical (unpaired) electrons. The molecule has 2 heterocycles. The summed E-state index contributed by atoms with van der Waals surface area (Å²) in [5.41, 5.74) is 0.611. The highest BCUT2D eigenvalue weighted by molar-refractivity contribution is 6.33. The monoisotopic (exact) mass is 253 g/mol. The molecule has 0 aliphatic rings. The topological polar surface area (TPSA) is 49.2 Å². The van der Waals surface area contributed by atoms with Crippen molar-refractivity contribution in [2.24, 2.45) is 0 Å². The molecular weight excluding hydrogens is 242 g/mol. The predicted octanol–water partition coefficient (Wildman–Crippen LogP) is 2.06. The summed E-state index contributed by atoms with van der Waals surface area (Å²) >= 11 is 5.91. The molecule has 1 unspecified atom stereocenters. The van der Waals surface area contributed by atoms with Gasteiger partial charge in [-0.25, -0.2) is 9.97 Å². The molecule has 90 valence electrons. The van der Waals surface area contributed by atoms with Crippen molar-refractivity contribution in [2.45, 2.75) is 13.0 Å². The lowest BCUT2D eigenvalue weighted by molar-refractivity contribution is -0.0720. The lowest BCUT2D eigenvalue weighted by atomic mass is 10.4. The second-order valence-corrected chi connectivity index (χ2v) is 3.76. The highest BCUT2D eigenvalue weighted by atomic mass is 35.5. The summed E-state index contributed by atoms with van der Waals surface area (Å²) in [6.07, 6.45) is 4.73. The predicted molar refractivity (Wildman–Crippen MR) is 64.7 cm³/mol. The Hall–Kier alpha value is -1.59. The fraction of sp³-hybridized carbons (Fsp3) is 0.273.